The lowest BCUT2D eigenvalue weighted by molar-refractivity contribution is -0.384. The van der Waals surface area contributed by atoms with Gasteiger partial charge < -0.3 is 28.6 Å². The highest BCUT2D eigenvalue weighted by Gasteiger charge is 2.41. The number of nitro benzene ring substituents is 1. The molecule has 5 rings (SSSR count). The van der Waals surface area contributed by atoms with E-state index in [1.165, 1.54) is 24.4 Å². The molecule has 1 aliphatic heterocycles. The second-order valence-electron chi connectivity index (χ2n) is 11.5. The number of benzene rings is 2. The monoisotopic (exact) mass is 628 g/mol. The van der Waals surface area contributed by atoms with Crippen LogP contribution in [0.3, 0.4) is 0 Å². The number of halogens is 2. The molecule has 15 heteroatoms. The highest BCUT2D eigenvalue weighted by Crippen LogP contribution is 2.41. The van der Waals surface area contributed by atoms with Crippen LogP contribution in [0.5, 0.6) is 17.2 Å². The van der Waals surface area contributed by atoms with Crippen molar-refractivity contribution < 1.29 is 42.6 Å². The van der Waals surface area contributed by atoms with Crippen LogP contribution in [0.4, 0.5) is 25.0 Å². The van der Waals surface area contributed by atoms with Crippen molar-refractivity contribution in [3.8, 4) is 17.2 Å². The molecule has 1 amide bonds. The number of pyridine rings is 1. The summed E-state index contributed by atoms with van der Waals surface area (Å²) in [6, 6.07) is 8.77. The largest absolute Gasteiger partial charge is 0.450 e. The number of hydrogen-bond donors (Lipinski definition) is 2. The first-order valence-electron chi connectivity index (χ1n) is 13.6. The molecule has 0 unspecified atom stereocenters. The first-order chi connectivity index (χ1) is 20.8. The molecule has 232 valence electrons. The molecule has 0 spiro atoms. The summed E-state index contributed by atoms with van der Waals surface area (Å²) in [5.74, 6) is -2.96. The van der Waals surface area contributed by atoms with Gasteiger partial charge in [-0.1, -0.05) is 19.6 Å². The fourth-order valence-electron chi connectivity index (χ4n) is 4.44. The Hall–Kier alpha value is -4.44. The molecule has 1 fully saturated rings. The Morgan fingerprint density at radius 2 is 1.86 bits per heavy atom. The molecule has 44 heavy (non-hydrogen) atoms. The molecule has 2 aromatic heterocycles. The molecule has 0 saturated carbocycles. The summed E-state index contributed by atoms with van der Waals surface area (Å²) in [7, 11) is -1.32. The Morgan fingerprint density at radius 1 is 1.18 bits per heavy atom. The minimum atomic E-state index is -1.35. The predicted molar refractivity (Wildman–Crippen MR) is 158 cm³/mol. The number of non-ortho nitro benzene ring substituents is 1. The van der Waals surface area contributed by atoms with E-state index in [0.717, 1.165) is 30.3 Å². The summed E-state index contributed by atoms with van der Waals surface area (Å²) in [5, 5.41) is 24.5. The van der Waals surface area contributed by atoms with Crippen molar-refractivity contribution in [2.75, 3.05) is 25.1 Å². The van der Waals surface area contributed by atoms with E-state index in [1.54, 1.807) is 10.8 Å². The fraction of sp³-hybridized carbons (Fsp3) is 0.310. The molecule has 2 aromatic carbocycles. The molecule has 3 heterocycles. The Morgan fingerprint density at radius 3 is 2.45 bits per heavy atom. The van der Waals surface area contributed by atoms with Gasteiger partial charge in [-0.2, -0.15) is 0 Å². The van der Waals surface area contributed by atoms with Crippen molar-refractivity contribution in [3.63, 3.8) is 0 Å². The summed E-state index contributed by atoms with van der Waals surface area (Å²) >= 11 is 0. The van der Waals surface area contributed by atoms with E-state index in [2.05, 4.69) is 29.9 Å². The van der Waals surface area contributed by atoms with E-state index in [0.29, 0.717) is 23.2 Å². The van der Waals surface area contributed by atoms with E-state index >= 15 is 8.78 Å². The number of rotatable bonds is 11. The molecule has 1 aliphatic rings. The number of hydrogen-bond acceptors (Lipinski definition) is 9. The van der Waals surface area contributed by atoms with Gasteiger partial charge in [-0.25, -0.2) is 18.6 Å². The summed E-state index contributed by atoms with van der Waals surface area (Å²) < 4.78 is 54.0. The highest BCUT2D eigenvalue weighted by atomic mass is 28.3. The zero-order chi connectivity index (χ0) is 31.6. The number of fused-ring (bicyclic) bond motifs is 1. The highest BCUT2D eigenvalue weighted by molar-refractivity contribution is 6.76. The summed E-state index contributed by atoms with van der Waals surface area (Å²) in [4.78, 5) is 26.9. The van der Waals surface area contributed by atoms with Crippen LogP contribution in [0.2, 0.25) is 25.7 Å². The molecule has 2 N–H and O–H groups in total. The van der Waals surface area contributed by atoms with Crippen LogP contribution in [-0.2, 0) is 21.8 Å². The topological polar surface area (TPSA) is 147 Å². The number of aromatic nitrogens is 2. The summed E-state index contributed by atoms with van der Waals surface area (Å²) in [6.07, 6.45) is 2.02. The number of amides is 1. The van der Waals surface area contributed by atoms with Gasteiger partial charge in [-0.05, 0) is 24.2 Å². The lowest BCUT2D eigenvalue weighted by Gasteiger charge is -2.36. The van der Waals surface area contributed by atoms with Gasteiger partial charge in [0.25, 0.3) is 5.69 Å². The molecule has 0 bridgehead atoms. The first-order valence-corrected chi connectivity index (χ1v) is 17.3. The Balaban J connectivity index is 1.37. The first kappa shape index (κ1) is 31.0. The number of carbonyl (C=O) groups excluding carboxylic acids is 1. The molecule has 12 nitrogen and oxygen atoms in total. The summed E-state index contributed by atoms with van der Waals surface area (Å²) in [5.41, 5.74) is -1.00. The van der Waals surface area contributed by atoms with Crippen LogP contribution in [0.1, 0.15) is 5.56 Å². The fourth-order valence-corrected chi connectivity index (χ4v) is 5.20. The van der Waals surface area contributed by atoms with Crippen LogP contribution >= 0.6 is 0 Å². The number of anilines is 1. The maximum Gasteiger partial charge on any atom is 0.417 e. The third-order valence-electron chi connectivity index (χ3n) is 6.84. The number of nitrogens with zero attached hydrogens (tertiary/aromatic N) is 3. The lowest BCUT2D eigenvalue weighted by atomic mass is 9.92. The molecule has 0 atom stereocenters. The molecular formula is C29H30F2N4O8Si. The molecule has 0 aliphatic carbocycles. The van der Waals surface area contributed by atoms with E-state index < -0.39 is 42.1 Å². The van der Waals surface area contributed by atoms with Gasteiger partial charge in [-0.15, -0.1) is 0 Å². The van der Waals surface area contributed by atoms with Crippen LogP contribution in [-0.4, -0.2) is 53.6 Å². The SMILES string of the molecule is C[Si](C)(C)CCOCn1cc(C2(O)COC2)c2c(Oc3c(F)cc(NC(=O)Oc4ccc([N+](=O)[O-])cc4)cc3F)ccnc21. The van der Waals surface area contributed by atoms with Crippen molar-refractivity contribution in [1.29, 1.82) is 0 Å². The van der Waals surface area contributed by atoms with Crippen molar-refractivity contribution in [3.05, 3.63) is 82.2 Å². The second-order valence-corrected chi connectivity index (χ2v) is 17.2. The van der Waals surface area contributed by atoms with Crippen LogP contribution in [0, 0.1) is 21.7 Å². The zero-order valence-electron chi connectivity index (χ0n) is 24.1. The standard InChI is InChI=1S/C29H30F2N4O8Si/c1-44(2,3)11-10-40-17-34-14-21(29(37)15-41-16-29)25-24(8-9-32-27(25)34)43-26-22(30)12-18(13-23(26)31)33-28(36)42-20-6-4-19(5-7-20)35(38)39/h4-9,12-14,37H,10-11,15-17H2,1-3H3,(H,33,36). The van der Waals surface area contributed by atoms with Crippen molar-refractivity contribution in [2.24, 2.45) is 0 Å². The third kappa shape index (κ3) is 6.86. The zero-order valence-corrected chi connectivity index (χ0v) is 25.1. The third-order valence-corrected chi connectivity index (χ3v) is 8.55. The van der Waals surface area contributed by atoms with Gasteiger partial charge in [-0.3, -0.25) is 15.4 Å². The minimum Gasteiger partial charge on any atom is -0.450 e. The van der Waals surface area contributed by atoms with Gasteiger partial charge in [0.2, 0.25) is 0 Å². The van der Waals surface area contributed by atoms with Crippen LogP contribution < -0.4 is 14.8 Å². The van der Waals surface area contributed by atoms with E-state index in [1.807, 2.05) is 0 Å². The van der Waals surface area contributed by atoms with Crippen molar-refractivity contribution in [1.82, 2.24) is 9.55 Å². The lowest BCUT2D eigenvalue weighted by Crippen LogP contribution is -2.46. The van der Waals surface area contributed by atoms with E-state index in [-0.39, 0.29) is 42.8 Å². The van der Waals surface area contributed by atoms with Gasteiger partial charge in [0.05, 0.1) is 29.2 Å². The number of ether oxygens (including phenoxy) is 4. The minimum absolute atomic E-state index is 0.0154. The number of aliphatic hydroxyl groups is 1. The average molecular weight is 629 g/mol. The van der Waals surface area contributed by atoms with E-state index in [9.17, 15) is 20.0 Å². The average Bonchev–Trinajstić information content (AvgIpc) is 3.31. The van der Waals surface area contributed by atoms with Crippen molar-refractivity contribution >= 4 is 36.6 Å². The molecular weight excluding hydrogens is 598 g/mol. The van der Waals surface area contributed by atoms with Gasteiger partial charge in [0, 0.05) is 56.9 Å². The molecule has 4 aromatic rings. The van der Waals surface area contributed by atoms with Gasteiger partial charge >= 0.3 is 6.09 Å². The molecule has 0 radical (unpaired) electrons. The number of carbonyl (C=O) groups is 1. The Labute approximate surface area is 251 Å². The van der Waals surface area contributed by atoms with Crippen molar-refractivity contribution in [2.45, 2.75) is 38.0 Å². The predicted octanol–water partition coefficient (Wildman–Crippen LogP) is 6.16. The van der Waals surface area contributed by atoms with E-state index in [4.69, 9.17) is 18.9 Å². The van der Waals surface area contributed by atoms with Gasteiger partial charge in [0.15, 0.2) is 17.4 Å². The Kier molecular flexibility index (Phi) is 8.65. The number of nitro groups is 1. The normalized spacial score (nSPS) is 14.2. The van der Waals surface area contributed by atoms with Crippen LogP contribution in [0.15, 0.2) is 54.9 Å². The second kappa shape index (κ2) is 12.3. The quantitative estimate of drug-likeness (QED) is 0.0863. The maximum atomic E-state index is 15.2. The summed E-state index contributed by atoms with van der Waals surface area (Å²) in [6.45, 7) is 7.47. The maximum absolute atomic E-state index is 15.2. The number of nitrogens with one attached hydrogen (secondary N) is 1. The van der Waals surface area contributed by atoms with Crippen LogP contribution in [0.25, 0.3) is 11.0 Å². The Bertz CT molecular complexity index is 1680. The smallest absolute Gasteiger partial charge is 0.417 e. The van der Waals surface area contributed by atoms with Gasteiger partial charge in [0.1, 0.15) is 29.5 Å². The molecule has 1 saturated heterocycles.